The van der Waals surface area contributed by atoms with Gasteiger partial charge in [-0.3, -0.25) is 14.5 Å². The lowest BCUT2D eigenvalue weighted by Gasteiger charge is -2.49. The molecule has 0 aromatic carbocycles. The van der Waals surface area contributed by atoms with E-state index in [0.29, 0.717) is 22.3 Å². The fourth-order valence-electron chi connectivity index (χ4n) is 3.43. The van der Waals surface area contributed by atoms with Gasteiger partial charge in [0.25, 0.3) is 11.8 Å². The smallest absolute Gasteiger partial charge is 0.353 e. The van der Waals surface area contributed by atoms with Crippen LogP contribution in [0.1, 0.15) is 11.4 Å². The Labute approximate surface area is 235 Å². The summed E-state index contributed by atoms with van der Waals surface area (Å²) in [7, 11) is 0. The number of thiazole rings is 2. The average Bonchev–Trinajstić information content (AvgIpc) is 3.37. The largest absolute Gasteiger partial charge is 0.477 e. The Bertz CT molecular complexity index is 1310. The molecule has 9 N–H and O–H groups in total. The minimum Gasteiger partial charge on any atom is -0.477 e. The predicted octanol–water partition coefficient (Wildman–Crippen LogP) is 1.28. The van der Waals surface area contributed by atoms with Gasteiger partial charge in [0.1, 0.15) is 27.1 Å². The van der Waals surface area contributed by atoms with Gasteiger partial charge in [0, 0.05) is 28.7 Å². The van der Waals surface area contributed by atoms with Crippen molar-refractivity contribution in [3.05, 3.63) is 26.3 Å². The number of thioether (sulfide) groups is 3. The maximum Gasteiger partial charge on any atom is 0.353 e. The van der Waals surface area contributed by atoms with Crippen LogP contribution < -0.4 is 22.5 Å². The number of nitrogens with zero attached hydrogens (tertiary/aromatic N) is 4. The number of nitrogens with one attached hydrogen (secondary N) is 1. The zero-order valence-electron chi connectivity index (χ0n) is 18.5. The number of amides is 2. The molecular formula is C18H19ClN8O5S5. The number of aliphatic carboxylic acids is 1. The summed E-state index contributed by atoms with van der Waals surface area (Å²) in [5, 5.41) is 24.5. The highest BCUT2D eigenvalue weighted by Crippen LogP contribution is 2.47. The number of β-lactam (4-membered cyclic amide) rings is 1. The SMILES string of the molecule is NCCSCc1nc(N)sc1SC1=C(C(=O)O)N2C(=O)C(NC(=O)/C(=N\O)c3nc(N)sc3Cl)C2SC1. The van der Waals surface area contributed by atoms with Crippen LogP contribution in [0.5, 0.6) is 0 Å². The summed E-state index contributed by atoms with van der Waals surface area (Å²) in [4.78, 5) is 47.8. The van der Waals surface area contributed by atoms with E-state index >= 15 is 0 Å². The van der Waals surface area contributed by atoms with E-state index in [0.717, 1.165) is 31.9 Å². The number of nitrogens with two attached hydrogens (primary N) is 3. The molecule has 2 aromatic rings. The maximum atomic E-state index is 13.0. The molecule has 0 radical (unpaired) electrons. The number of hydrogen-bond donors (Lipinski definition) is 6. The van der Waals surface area contributed by atoms with Crippen molar-refractivity contribution in [3.63, 3.8) is 0 Å². The monoisotopic (exact) mass is 622 g/mol. The van der Waals surface area contributed by atoms with Crippen LogP contribution >= 0.6 is 69.6 Å². The summed E-state index contributed by atoms with van der Waals surface area (Å²) in [5.41, 5.74) is 16.9. The van der Waals surface area contributed by atoms with E-state index in [9.17, 15) is 24.7 Å². The number of nitrogen functional groups attached to an aromatic ring is 2. The summed E-state index contributed by atoms with van der Waals surface area (Å²) in [6.45, 7) is 0.518. The van der Waals surface area contributed by atoms with Crippen molar-refractivity contribution in [3.8, 4) is 0 Å². The zero-order chi connectivity index (χ0) is 26.9. The normalized spacial score (nSPS) is 19.6. The number of rotatable bonds is 10. The molecule has 4 heterocycles. The van der Waals surface area contributed by atoms with Gasteiger partial charge in [0.15, 0.2) is 16.0 Å². The Kier molecular flexibility index (Phi) is 8.77. The van der Waals surface area contributed by atoms with Crippen LogP contribution in [-0.2, 0) is 20.1 Å². The van der Waals surface area contributed by atoms with Crippen molar-refractivity contribution in [2.45, 2.75) is 21.4 Å². The molecule has 2 unspecified atom stereocenters. The van der Waals surface area contributed by atoms with Crippen LogP contribution in [0.2, 0.25) is 4.34 Å². The molecule has 0 spiro atoms. The Hall–Kier alpha value is -2.22. The molecule has 37 heavy (non-hydrogen) atoms. The van der Waals surface area contributed by atoms with Crippen LogP contribution in [0.4, 0.5) is 10.3 Å². The maximum absolute atomic E-state index is 13.0. The van der Waals surface area contributed by atoms with Crippen molar-refractivity contribution < 1.29 is 24.7 Å². The van der Waals surface area contributed by atoms with Gasteiger partial charge in [-0.1, -0.05) is 51.2 Å². The number of carboxylic acids is 1. The zero-order valence-corrected chi connectivity index (χ0v) is 23.4. The topological polar surface area (TPSA) is 223 Å². The molecule has 19 heteroatoms. The fourth-order valence-corrected chi connectivity index (χ4v) is 8.94. The van der Waals surface area contributed by atoms with E-state index in [2.05, 4.69) is 20.4 Å². The number of carbonyl (C=O) groups excluding carboxylic acids is 2. The molecule has 1 saturated heterocycles. The van der Waals surface area contributed by atoms with E-state index in [1.807, 2.05) is 0 Å². The first-order valence-corrected chi connectivity index (χ1v) is 15.3. The number of halogens is 1. The van der Waals surface area contributed by atoms with Crippen LogP contribution in [0, 0.1) is 0 Å². The predicted molar refractivity (Wildman–Crippen MR) is 147 cm³/mol. The average molecular weight is 623 g/mol. The van der Waals surface area contributed by atoms with Crippen LogP contribution in [-0.4, -0.2) is 78.1 Å². The molecule has 2 aromatic heterocycles. The second-order valence-corrected chi connectivity index (χ2v) is 13.5. The Morgan fingerprint density at radius 2 is 2.00 bits per heavy atom. The lowest BCUT2D eigenvalue weighted by atomic mass is 10.0. The van der Waals surface area contributed by atoms with E-state index in [-0.39, 0.29) is 26.6 Å². The number of carboxylic acid groups (broad SMARTS) is 1. The van der Waals surface area contributed by atoms with Crippen LogP contribution in [0.15, 0.2) is 20.0 Å². The molecule has 4 rings (SSSR count). The van der Waals surface area contributed by atoms with Gasteiger partial charge in [-0.15, -0.1) is 11.8 Å². The molecule has 2 amide bonds. The lowest BCUT2D eigenvalue weighted by molar-refractivity contribution is -0.150. The Balaban J connectivity index is 1.52. The van der Waals surface area contributed by atoms with Crippen molar-refractivity contribution >= 4 is 103 Å². The first-order chi connectivity index (χ1) is 17.7. The summed E-state index contributed by atoms with van der Waals surface area (Å²) in [6.07, 6.45) is 0. The number of fused-ring (bicyclic) bond motifs is 1. The van der Waals surface area contributed by atoms with Gasteiger partial charge in [-0.05, 0) is 0 Å². The van der Waals surface area contributed by atoms with E-state index in [1.54, 1.807) is 11.8 Å². The molecule has 2 aliphatic rings. The van der Waals surface area contributed by atoms with Crippen LogP contribution in [0.25, 0.3) is 0 Å². The van der Waals surface area contributed by atoms with Crippen molar-refractivity contribution in [1.82, 2.24) is 20.2 Å². The number of carbonyl (C=O) groups is 3. The summed E-state index contributed by atoms with van der Waals surface area (Å²) < 4.78 is 0.784. The summed E-state index contributed by atoms with van der Waals surface area (Å²) in [5.74, 6) is -1.22. The number of hydrogen-bond acceptors (Lipinski definition) is 15. The van der Waals surface area contributed by atoms with Crippen molar-refractivity contribution in [1.29, 1.82) is 0 Å². The van der Waals surface area contributed by atoms with E-state index in [4.69, 9.17) is 28.8 Å². The molecule has 0 saturated carbocycles. The number of oxime groups is 1. The Morgan fingerprint density at radius 1 is 1.27 bits per heavy atom. The molecule has 198 valence electrons. The van der Waals surface area contributed by atoms with E-state index in [1.165, 1.54) is 34.9 Å². The number of anilines is 2. The molecule has 13 nitrogen and oxygen atoms in total. The number of aromatic nitrogens is 2. The highest BCUT2D eigenvalue weighted by molar-refractivity contribution is 8.07. The standard InChI is InChI=1S/C18H19ClN8O5S5/c19-11-7(25-18(22)36-11)8(26-32)12(28)24-9-13(29)27-10(15(30)31)6(4-34-14(9)27)35-16-5(3-33-2-1-20)23-17(21)37-16/h9,14,32H,1-4,20H2,(H2,21,23)(H2,22,25)(H,24,28)(H,30,31)/b26-8-. The summed E-state index contributed by atoms with van der Waals surface area (Å²) >= 11 is 12.2. The second kappa shape index (κ2) is 11.7. The third-order valence-electron chi connectivity index (χ3n) is 4.96. The molecule has 0 bridgehead atoms. The minimum absolute atomic E-state index is 0.0383. The first-order valence-electron chi connectivity index (χ1n) is 10.2. The molecular weight excluding hydrogens is 604 g/mol. The third-order valence-corrected chi connectivity index (χ3v) is 10.7. The Morgan fingerprint density at radius 3 is 2.62 bits per heavy atom. The molecule has 1 fully saturated rings. The molecule has 0 aliphatic carbocycles. The third kappa shape index (κ3) is 5.64. The van der Waals surface area contributed by atoms with Gasteiger partial charge >= 0.3 is 5.97 Å². The minimum atomic E-state index is -1.27. The molecule has 2 atom stereocenters. The van der Waals surface area contributed by atoms with Gasteiger partial charge in [-0.2, -0.15) is 11.8 Å². The van der Waals surface area contributed by atoms with Gasteiger partial charge in [0.2, 0.25) is 0 Å². The lowest BCUT2D eigenvalue weighted by Crippen LogP contribution is -2.71. The fraction of sp³-hybridized carbons (Fsp3) is 0.333. The highest BCUT2D eigenvalue weighted by Gasteiger charge is 2.54. The summed E-state index contributed by atoms with van der Waals surface area (Å²) in [6, 6.07) is -1.05. The second-order valence-electron chi connectivity index (χ2n) is 7.29. The molecule has 2 aliphatic heterocycles. The van der Waals surface area contributed by atoms with Gasteiger partial charge in [0.05, 0.1) is 9.90 Å². The van der Waals surface area contributed by atoms with Crippen LogP contribution in [0.3, 0.4) is 0 Å². The van der Waals surface area contributed by atoms with Gasteiger partial charge < -0.3 is 32.8 Å². The highest BCUT2D eigenvalue weighted by atomic mass is 35.5. The van der Waals surface area contributed by atoms with E-state index < -0.39 is 34.9 Å². The van der Waals surface area contributed by atoms with Gasteiger partial charge in [-0.25, -0.2) is 14.8 Å². The van der Waals surface area contributed by atoms with Crippen molar-refractivity contribution in [2.24, 2.45) is 10.9 Å². The first kappa shape index (κ1) is 27.8. The quantitative estimate of drug-likeness (QED) is 0.0723. The van der Waals surface area contributed by atoms with Crippen molar-refractivity contribution in [2.75, 3.05) is 29.5 Å².